The van der Waals surface area contributed by atoms with Gasteiger partial charge < -0.3 is 0 Å². The van der Waals surface area contributed by atoms with Gasteiger partial charge in [0.25, 0.3) is 0 Å². The lowest BCUT2D eigenvalue weighted by molar-refractivity contribution is -0.497. The molecule has 0 saturated heterocycles. The molecule has 0 heterocycles. The molecular weight excluding hydrogens is 90.1 g/mol. The maximum Gasteiger partial charge on any atom is 0.240 e. The van der Waals surface area contributed by atoms with Gasteiger partial charge in [-0.1, -0.05) is 0 Å². The lowest BCUT2D eigenvalue weighted by Crippen LogP contribution is -2.27. The first-order valence-corrected chi connectivity index (χ1v) is 2.18. The van der Waals surface area contributed by atoms with Crippen molar-refractivity contribution in [2.24, 2.45) is 11.5 Å². The number of rotatable bonds is 1. The van der Waals surface area contributed by atoms with Crippen LogP contribution >= 0.6 is 0 Å². The summed E-state index contributed by atoms with van der Waals surface area (Å²) in [5, 5.41) is 0. The number of hydrogen-bond acceptors (Lipinski definition) is 1. The van der Waals surface area contributed by atoms with Crippen molar-refractivity contribution in [3.63, 3.8) is 0 Å². The summed E-state index contributed by atoms with van der Waals surface area (Å²) in [7, 11) is 1.84. The molecule has 0 aromatic rings. The fraction of sp³-hybridized carbons (Fsp3) is 0.750. The van der Waals surface area contributed by atoms with Crippen molar-refractivity contribution < 1.29 is 4.58 Å². The Hall–Kier alpha value is -0.570. The van der Waals surface area contributed by atoms with Crippen LogP contribution in [0.2, 0.25) is 0 Å². The summed E-state index contributed by atoms with van der Waals surface area (Å²) < 4.78 is 1.76. The van der Waals surface area contributed by atoms with E-state index in [1.54, 1.807) is 4.58 Å². The van der Waals surface area contributed by atoms with E-state index >= 15 is 0 Å². The van der Waals surface area contributed by atoms with Gasteiger partial charge in [0.2, 0.25) is 5.84 Å². The molecule has 0 aliphatic heterocycles. The largest absolute Gasteiger partial charge is 0.295 e. The van der Waals surface area contributed by atoms with Crippen LogP contribution < -0.4 is 11.5 Å². The van der Waals surface area contributed by atoms with Crippen LogP contribution in [-0.2, 0) is 0 Å². The van der Waals surface area contributed by atoms with Crippen molar-refractivity contribution in [3.8, 4) is 0 Å². The minimum atomic E-state index is 0.488. The van der Waals surface area contributed by atoms with Crippen molar-refractivity contribution in [1.29, 1.82) is 0 Å². The van der Waals surface area contributed by atoms with E-state index in [0.717, 1.165) is 5.84 Å². The van der Waals surface area contributed by atoms with Crippen LogP contribution in [0.15, 0.2) is 0 Å². The molecule has 0 rings (SSSR count). The smallest absolute Gasteiger partial charge is 0.240 e. The van der Waals surface area contributed by atoms with Gasteiger partial charge in [0, 0.05) is 6.92 Å². The van der Waals surface area contributed by atoms with Gasteiger partial charge in [0.05, 0.1) is 7.05 Å². The van der Waals surface area contributed by atoms with Gasteiger partial charge in [-0.2, -0.15) is 0 Å². The topological polar surface area (TPSA) is 55.0 Å². The van der Waals surface area contributed by atoms with Gasteiger partial charge in [0.1, 0.15) is 6.67 Å². The van der Waals surface area contributed by atoms with Crippen molar-refractivity contribution in [2.75, 3.05) is 13.7 Å². The molecule has 4 N–H and O–H groups in total. The molecule has 0 spiro atoms. The van der Waals surface area contributed by atoms with Crippen molar-refractivity contribution >= 4 is 5.84 Å². The second-order valence-corrected chi connectivity index (χ2v) is 1.52. The van der Waals surface area contributed by atoms with Gasteiger partial charge in [-0.15, -0.1) is 0 Å². The second-order valence-electron chi connectivity index (χ2n) is 1.52. The van der Waals surface area contributed by atoms with E-state index in [9.17, 15) is 0 Å². The average Bonchev–Trinajstić information content (AvgIpc) is 1.65. The van der Waals surface area contributed by atoms with E-state index in [1.807, 2.05) is 14.0 Å². The van der Waals surface area contributed by atoms with Crippen LogP contribution in [0.3, 0.4) is 0 Å². The molecule has 0 aromatic carbocycles. The van der Waals surface area contributed by atoms with E-state index < -0.39 is 0 Å². The summed E-state index contributed by atoms with van der Waals surface area (Å²) in [4.78, 5) is 0. The summed E-state index contributed by atoms with van der Waals surface area (Å²) in [6, 6.07) is 0. The molecule has 0 saturated carbocycles. The number of hydrogen-bond donors (Lipinski definition) is 2. The van der Waals surface area contributed by atoms with E-state index in [4.69, 9.17) is 11.5 Å². The van der Waals surface area contributed by atoms with Gasteiger partial charge in [-0.3, -0.25) is 16.0 Å². The Kier molecular flexibility index (Phi) is 2.37. The zero-order valence-corrected chi connectivity index (χ0v) is 4.81. The Morgan fingerprint density at radius 2 is 2.14 bits per heavy atom. The summed E-state index contributed by atoms with van der Waals surface area (Å²) >= 11 is 0. The molecule has 3 heteroatoms. The molecule has 0 aromatic heterocycles. The first kappa shape index (κ1) is 6.43. The maximum absolute atomic E-state index is 5.31. The molecule has 3 nitrogen and oxygen atoms in total. The van der Waals surface area contributed by atoms with Crippen LogP contribution in [0.5, 0.6) is 0 Å². The molecule has 0 bridgehead atoms. The highest BCUT2D eigenvalue weighted by molar-refractivity contribution is 5.71. The third-order valence-corrected chi connectivity index (χ3v) is 0.876. The van der Waals surface area contributed by atoms with E-state index in [0.29, 0.717) is 6.67 Å². The minimum absolute atomic E-state index is 0.488. The highest BCUT2D eigenvalue weighted by Crippen LogP contribution is 1.58. The van der Waals surface area contributed by atoms with Crippen LogP contribution in [0.1, 0.15) is 6.92 Å². The minimum Gasteiger partial charge on any atom is -0.295 e. The highest BCUT2D eigenvalue weighted by atomic mass is 15.1. The number of nitrogens with two attached hydrogens (primary N) is 2. The number of amidine groups is 1. The van der Waals surface area contributed by atoms with Crippen LogP contribution in [0.4, 0.5) is 0 Å². The van der Waals surface area contributed by atoms with E-state index in [1.165, 1.54) is 0 Å². The molecule has 42 valence electrons. The van der Waals surface area contributed by atoms with Crippen molar-refractivity contribution in [1.82, 2.24) is 0 Å². The molecule has 0 unspecified atom stereocenters. The van der Waals surface area contributed by atoms with Crippen LogP contribution in [0, 0.1) is 0 Å². The quantitative estimate of drug-likeness (QED) is 0.191. The van der Waals surface area contributed by atoms with Crippen LogP contribution in [-0.4, -0.2) is 24.1 Å². The van der Waals surface area contributed by atoms with Gasteiger partial charge in [-0.25, -0.2) is 0 Å². The van der Waals surface area contributed by atoms with Gasteiger partial charge >= 0.3 is 0 Å². The standard InChI is InChI=1S/C4H11N3/c1-4(6)7(2)3-5/h6H,3,5H2,1-2H3/p+1. The van der Waals surface area contributed by atoms with Gasteiger partial charge in [-0.05, 0) is 0 Å². The normalized spacial score (nSPS) is 13.6. The fourth-order valence-electron chi connectivity index (χ4n) is 0.144. The van der Waals surface area contributed by atoms with Crippen molar-refractivity contribution in [3.05, 3.63) is 0 Å². The summed E-state index contributed by atoms with van der Waals surface area (Å²) in [6.45, 7) is 2.30. The third kappa shape index (κ3) is 2.17. The zero-order valence-electron chi connectivity index (χ0n) is 4.81. The van der Waals surface area contributed by atoms with E-state index in [-0.39, 0.29) is 0 Å². The summed E-state index contributed by atoms with van der Waals surface area (Å²) in [6.07, 6.45) is 0. The lowest BCUT2D eigenvalue weighted by atomic mass is 10.7. The molecule has 7 heavy (non-hydrogen) atoms. The van der Waals surface area contributed by atoms with E-state index in [2.05, 4.69) is 0 Å². The first-order valence-electron chi connectivity index (χ1n) is 2.18. The molecule has 0 atom stereocenters. The Labute approximate surface area is 43.6 Å². The second kappa shape index (κ2) is 2.58. The number of nitrogens with zero attached hydrogens (tertiary/aromatic N) is 1. The molecule has 0 fully saturated rings. The molecule has 0 radical (unpaired) electrons. The highest BCUT2D eigenvalue weighted by Gasteiger charge is 1.88. The predicted molar refractivity (Wildman–Crippen MR) is 30.1 cm³/mol. The lowest BCUT2D eigenvalue weighted by Gasteiger charge is -1.92. The zero-order chi connectivity index (χ0) is 5.86. The Bertz CT molecular complexity index is 80.9. The van der Waals surface area contributed by atoms with Crippen molar-refractivity contribution in [2.45, 2.75) is 6.92 Å². The average molecular weight is 102 g/mol. The summed E-state index contributed by atoms with van der Waals surface area (Å²) in [5.74, 6) is 0.752. The summed E-state index contributed by atoms with van der Waals surface area (Å²) in [5.41, 5.74) is 10.5. The molecular formula is C4H12N3+. The SMILES string of the molecule is C/C(N)=[N+](\C)CN. The Morgan fingerprint density at radius 3 is 2.14 bits per heavy atom. The molecule has 0 amide bonds. The maximum atomic E-state index is 5.31. The fourth-order valence-corrected chi connectivity index (χ4v) is 0.144. The van der Waals surface area contributed by atoms with Crippen LogP contribution in [0.25, 0.3) is 0 Å². The molecule has 0 aliphatic rings. The predicted octanol–water partition coefficient (Wildman–Crippen LogP) is -1.08. The molecule has 0 aliphatic carbocycles. The third-order valence-electron chi connectivity index (χ3n) is 0.876. The first-order chi connectivity index (χ1) is 3.18. The Balaban J connectivity index is 3.72. The Morgan fingerprint density at radius 1 is 1.71 bits per heavy atom. The monoisotopic (exact) mass is 102 g/mol. The van der Waals surface area contributed by atoms with Gasteiger partial charge in [0.15, 0.2) is 0 Å².